The minimum atomic E-state index is -0.243. The molecule has 0 radical (unpaired) electrons. The van der Waals surface area contributed by atoms with Gasteiger partial charge in [0.25, 0.3) is 5.91 Å². The molecule has 0 aliphatic rings. The third kappa shape index (κ3) is 2.63. The van der Waals surface area contributed by atoms with Gasteiger partial charge in [-0.05, 0) is 18.1 Å². The molecular weight excluding hydrogens is 240 g/mol. The van der Waals surface area contributed by atoms with Crippen LogP contribution in [-0.4, -0.2) is 15.7 Å². The van der Waals surface area contributed by atoms with Crippen molar-refractivity contribution in [3.8, 4) is 6.07 Å². The van der Waals surface area contributed by atoms with Crippen LogP contribution in [0, 0.1) is 11.3 Å². The van der Waals surface area contributed by atoms with Crippen molar-refractivity contribution in [1.29, 1.82) is 5.26 Å². The molecule has 1 aromatic heterocycles. The lowest BCUT2D eigenvalue weighted by atomic mass is 10.0. The van der Waals surface area contributed by atoms with E-state index in [4.69, 9.17) is 5.26 Å². The molecule has 2 aromatic rings. The molecule has 19 heavy (non-hydrogen) atoms. The molecule has 1 heterocycles. The van der Waals surface area contributed by atoms with Crippen LogP contribution in [0.1, 0.15) is 28.4 Å². The maximum Gasteiger partial charge on any atom is 0.257 e. The molecule has 0 aliphatic heterocycles. The Morgan fingerprint density at radius 2 is 2.21 bits per heavy atom. The maximum atomic E-state index is 12.2. The van der Waals surface area contributed by atoms with Crippen molar-refractivity contribution in [2.24, 2.45) is 7.05 Å². The second-order valence-electron chi connectivity index (χ2n) is 4.14. The van der Waals surface area contributed by atoms with Crippen molar-refractivity contribution in [2.75, 3.05) is 5.32 Å². The Morgan fingerprint density at radius 3 is 2.89 bits per heavy atom. The SMILES string of the molecule is CCc1ccccc1C(=O)Nc1nn(C)cc1C#N. The number of rotatable bonds is 3. The fourth-order valence-corrected chi connectivity index (χ4v) is 1.89. The topological polar surface area (TPSA) is 70.7 Å². The van der Waals surface area contributed by atoms with Gasteiger partial charge in [-0.3, -0.25) is 9.48 Å². The highest BCUT2D eigenvalue weighted by atomic mass is 16.1. The Kier molecular flexibility index (Phi) is 3.62. The van der Waals surface area contributed by atoms with Crippen LogP contribution < -0.4 is 5.32 Å². The van der Waals surface area contributed by atoms with Crippen molar-refractivity contribution < 1.29 is 4.79 Å². The second-order valence-corrected chi connectivity index (χ2v) is 4.14. The first kappa shape index (κ1) is 12.8. The van der Waals surface area contributed by atoms with E-state index in [-0.39, 0.29) is 5.91 Å². The number of hydrogen-bond donors (Lipinski definition) is 1. The predicted molar refractivity (Wildman–Crippen MR) is 71.7 cm³/mol. The zero-order valence-electron chi connectivity index (χ0n) is 10.8. The van der Waals surface area contributed by atoms with Crippen LogP contribution >= 0.6 is 0 Å². The summed E-state index contributed by atoms with van der Waals surface area (Å²) in [6, 6.07) is 9.40. The molecule has 5 heteroatoms. The maximum absolute atomic E-state index is 12.2. The van der Waals surface area contributed by atoms with Gasteiger partial charge in [0.05, 0.1) is 0 Å². The summed E-state index contributed by atoms with van der Waals surface area (Å²) in [5.41, 5.74) is 1.93. The van der Waals surface area contributed by atoms with E-state index in [1.807, 2.05) is 31.2 Å². The Bertz CT molecular complexity index is 652. The van der Waals surface area contributed by atoms with Crippen LogP contribution in [0.5, 0.6) is 0 Å². The first-order valence-electron chi connectivity index (χ1n) is 5.98. The lowest BCUT2D eigenvalue weighted by Gasteiger charge is -2.07. The molecule has 0 unspecified atom stereocenters. The molecule has 96 valence electrons. The van der Waals surface area contributed by atoms with E-state index in [1.165, 1.54) is 4.68 Å². The summed E-state index contributed by atoms with van der Waals surface area (Å²) in [5, 5.41) is 15.7. The lowest BCUT2D eigenvalue weighted by Crippen LogP contribution is -2.15. The van der Waals surface area contributed by atoms with Crippen LogP contribution in [0.15, 0.2) is 30.5 Å². The quantitative estimate of drug-likeness (QED) is 0.911. The number of carbonyl (C=O) groups is 1. The molecule has 1 N–H and O–H groups in total. The lowest BCUT2D eigenvalue weighted by molar-refractivity contribution is 0.102. The third-order valence-electron chi connectivity index (χ3n) is 2.82. The van der Waals surface area contributed by atoms with E-state index in [1.54, 1.807) is 19.3 Å². The van der Waals surface area contributed by atoms with Crippen LogP contribution in [0.4, 0.5) is 5.82 Å². The van der Waals surface area contributed by atoms with E-state index >= 15 is 0 Å². The number of carbonyl (C=O) groups excluding carboxylic acids is 1. The molecule has 0 fully saturated rings. The molecule has 0 saturated carbocycles. The molecule has 1 amide bonds. The Morgan fingerprint density at radius 1 is 1.47 bits per heavy atom. The standard InChI is InChI=1S/C14H14N4O/c1-3-10-6-4-5-7-12(10)14(19)16-13-11(8-15)9-18(2)17-13/h4-7,9H,3H2,1-2H3,(H,16,17,19). The van der Waals surface area contributed by atoms with Crippen LogP contribution in [0.3, 0.4) is 0 Å². The van der Waals surface area contributed by atoms with Gasteiger partial charge >= 0.3 is 0 Å². The summed E-state index contributed by atoms with van der Waals surface area (Å²) in [4.78, 5) is 12.2. The number of benzene rings is 1. The predicted octanol–water partition coefficient (Wildman–Crippen LogP) is 2.11. The van der Waals surface area contributed by atoms with Crippen molar-refractivity contribution in [3.63, 3.8) is 0 Å². The van der Waals surface area contributed by atoms with Crippen molar-refractivity contribution in [3.05, 3.63) is 47.2 Å². The monoisotopic (exact) mass is 254 g/mol. The zero-order chi connectivity index (χ0) is 13.8. The van der Waals surface area contributed by atoms with Gasteiger partial charge in [-0.2, -0.15) is 10.4 Å². The van der Waals surface area contributed by atoms with Gasteiger partial charge in [0.2, 0.25) is 0 Å². The van der Waals surface area contributed by atoms with Crippen LogP contribution in [0.2, 0.25) is 0 Å². The van der Waals surface area contributed by atoms with Gasteiger partial charge in [-0.1, -0.05) is 25.1 Å². The number of amides is 1. The summed E-state index contributed by atoms with van der Waals surface area (Å²) >= 11 is 0. The highest BCUT2D eigenvalue weighted by Crippen LogP contribution is 2.15. The molecule has 0 bridgehead atoms. The summed E-state index contributed by atoms with van der Waals surface area (Å²) < 4.78 is 1.50. The van der Waals surface area contributed by atoms with Crippen LogP contribution in [0.25, 0.3) is 0 Å². The molecule has 0 spiro atoms. The number of anilines is 1. The summed E-state index contributed by atoms with van der Waals surface area (Å²) in [7, 11) is 1.70. The molecular formula is C14H14N4O. The third-order valence-corrected chi connectivity index (χ3v) is 2.82. The van der Waals surface area contributed by atoms with E-state index in [9.17, 15) is 4.79 Å². The van der Waals surface area contributed by atoms with Crippen LogP contribution in [-0.2, 0) is 13.5 Å². The van der Waals surface area contributed by atoms with Crippen molar-refractivity contribution >= 4 is 11.7 Å². The Hall–Kier alpha value is -2.61. The summed E-state index contributed by atoms with van der Waals surface area (Å²) in [5.74, 6) is 0.0496. The molecule has 2 rings (SSSR count). The van der Waals surface area contributed by atoms with E-state index < -0.39 is 0 Å². The van der Waals surface area contributed by atoms with Crippen molar-refractivity contribution in [1.82, 2.24) is 9.78 Å². The fourth-order valence-electron chi connectivity index (χ4n) is 1.89. The number of hydrogen-bond acceptors (Lipinski definition) is 3. The largest absolute Gasteiger partial charge is 0.304 e. The van der Waals surface area contributed by atoms with Crippen molar-refractivity contribution in [2.45, 2.75) is 13.3 Å². The first-order chi connectivity index (χ1) is 9.15. The van der Waals surface area contributed by atoms with E-state index in [0.29, 0.717) is 16.9 Å². The Labute approximate surface area is 111 Å². The van der Waals surface area contributed by atoms with Gasteiger partial charge in [0, 0.05) is 18.8 Å². The molecule has 0 atom stereocenters. The first-order valence-corrected chi connectivity index (χ1v) is 5.98. The minimum Gasteiger partial charge on any atom is -0.304 e. The van der Waals surface area contributed by atoms with Gasteiger partial charge in [-0.25, -0.2) is 0 Å². The number of nitrogens with one attached hydrogen (secondary N) is 1. The van der Waals surface area contributed by atoms with E-state index in [0.717, 1.165) is 12.0 Å². The van der Waals surface area contributed by atoms with Gasteiger partial charge in [0.1, 0.15) is 11.6 Å². The number of nitriles is 1. The van der Waals surface area contributed by atoms with Gasteiger partial charge < -0.3 is 5.32 Å². The second kappa shape index (κ2) is 5.36. The zero-order valence-corrected chi connectivity index (χ0v) is 10.8. The number of nitrogens with zero attached hydrogens (tertiary/aromatic N) is 3. The molecule has 5 nitrogen and oxygen atoms in total. The minimum absolute atomic E-state index is 0.243. The summed E-state index contributed by atoms with van der Waals surface area (Å²) in [6.07, 6.45) is 2.35. The molecule has 1 aromatic carbocycles. The van der Waals surface area contributed by atoms with E-state index in [2.05, 4.69) is 10.4 Å². The highest BCUT2D eigenvalue weighted by Gasteiger charge is 2.14. The number of aromatic nitrogens is 2. The normalized spacial score (nSPS) is 9.95. The smallest absolute Gasteiger partial charge is 0.257 e. The van der Waals surface area contributed by atoms with Gasteiger partial charge in [-0.15, -0.1) is 0 Å². The average molecular weight is 254 g/mol. The summed E-state index contributed by atoms with van der Waals surface area (Å²) in [6.45, 7) is 1.99. The molecule has 0 saturated heterocycles. The molecule has 0 aliphatic carbocycles. The number of aryl methyl sites for hydroxylation is 2. The highest BCUT2D eigenvalue weighted by molar-refractivity contribution is 6.05. The average Bonchev–Trinajstić information content (AvgIpc) is 2.78. The fraction of sp³-hybridized carbons (Fsp3) is 0.214. The Balaban J connectivity index is 2.28. The van der Waals surface area contributed by atoms with Gasteiger partial charge in [0.15, 0.2) is 5.82 Å².